The highest BCUT2D eigenvalue weighted by atomic mass is 16.1. The fourth-order valence-electron chi connectivity index (χ4n) is 2.91. The number of hydrogen-bond donors (Lipinski definition) is 2. The van der Waals surface area contributed by atoms with Crippen molar-refractivity contribution in [2.75, 3.05) is 11.9 Å². The van der Waals surface area contributed by atoms with Crippen LogP contribution in [0.15, 0.2) is 24.3 Å². The number of amides is 1. The van der Waals surface area contributed by atoms with E-state index in [0.29, 0.717) is 5.92 Å². The van der Waals surface area contributed by atoms with Crippen molar-refractivity contribution in [3.8, 4) is 0 Å². The van der Waals surface area contributed by atoms with E-state index < -0.39 is 0 Å². The molecule has 2 rings (SSSR count). The molecule has 0 bridgehead atoms. The fraction of sp³-hybridized carbons (Fsp3) is 0.588. The van der Waals surface area contributed by atoms with Crippen LogP contribution in [0, 0.1) is 5.92 Å². The molecule has 20 heavy (non-hydrogen) atoms. The van der Waals surface area contributed by atoms with Crippen molar-refractivity contribution >= 4 is 11.6 Å². The molecule has 3 atom stereocenters. The average molecular weight is 274 g/mol. The maximum absolute atomic E-state index is 12.5. The van der Waals surface area contributed by atoms with Gasteiger partial charge in [0.05, 0.1) is 5.92 Å². The molecule has 0 radical (unpaired) electrons. The Balaban J connectivity index is 2.00. The van der Waals surface area contributed by atoms with E-state index >= 15 is 0 Å². The average Bonchev–Trinajstić information content (AvgIpc) is 2.46. The van der Waals surface area contributed by atoms with Crippen molar-refractivity contribution in [2.45, 2.75) is 52.0 Å². The van der Waals surface area contributed by atoms with Gasteiger partial charge in [0.2, 0.25) is 5.91 Å². The van der Waals surface area contributed by atoms with Crippen LogP contribution in [-0.2, 0) is 4.79 Å². The third kappa shape index (κ3) is 3.53. The van der Waals surface area contributed by atoms with E-state index in [4.69, 9.17) is 0 Å². The van der Waals surface area contributed by atoms with E-state index in [2.05, 4.69) is 43.5 Å². The first-order valence-electron chi connectivity index (χ1n) is 7.75. The maximum Gasteiger partial charge on any atom is 0.227 e. The second-order valence-electron chi connectivity index (χ2n) is 6.01. The van der Waals surface area contributed by atoms with Crippen LogP contribution in [0.1, 0.15) is 51.5 Å². The summed E-state index contributed by atoms with van der Waals surface area (Å²) in [7, 11) is 0. The topological polar surface area (TPSA) is 41.1 Å². The largest absolute Gasteiger partial charge is 0.385 e. The Morgan fingerprint density at radius 2 is 2.15 bits per heavy atom. The number of fused-ring (bicyclic) bond motifs is 1. The van der Waals surface area contributed by atoms with Gasteiger partial charge in [-0.3, -0.25) is 4.79 Å². The number of anilines is 1. The molecule has 3 heteroatoms. The summed E-state index contributed by atoms with van der Waals surface area (Å²) in [6.45, 7) is 7.41. The maximum atomic E-state index is 12.5. The lowest BCUT2D eigenvalue weighted by Crippen LogP contribution is -2.39. The van der Waals surface area contributed by atoms with Gasteiger partial charge in [-0.15, -0.1) is 0 Å². The third-order valence-electron chi connectivity index (χ3n) is 4.24. The predicted molar refractivity (Wildman–Crippen MR) is 84.0 cm³/mol. The van der Waals surface area contributed by atoms with Crippen LogP contribution in [0.4, 0.5) is 5.69 Å². The highest BCUT2D eigenvalue weighted by molar-refractivity contribution is 5.86. The molecule has 0 saturated carbocycles. The zero-order chi connectivity index (χ0) is 14.5. The van der Waals surface area contributed by atoms with Crippen LogP contribution < -0.4 is 10.6 Å². The van der Waals surface area contributed by atoms with Gasteiger partial charge in [0.25, 0.3) is 0 Å². The van der Waals surface area contributed by atoms with E-state index in [9.17, 15) is 4.79 Å². The molecule has 0 fully saturated rings. The summed E-state index contributed by atoms with van der Waals surface area (Å²) in [6.07, 6.45) is 3.09. The molecule has 0 aliphatic carbocycles. The van der Waals surface area contributed by atoms with E-state index in [1.165, 1.54) is 0 Å². The molecule has 0 aromatic heterocycles. The third-order valence-corrected chi connectivity index (χ3v) is 4.24. The van der Waals surface area contributed by atoms with Crippen molar-refractivity contribution in [1.29, 1.82) is 0 Å². The number of hydrogen-bond acceptors (Lipinski definition) is 2. The minimum absolute atomic E-state index is 0.00756. The summed E-state index contributed by atoms with van der Waals surface area (Å²) in [5, 5.41) is 6.55. The summed E-state index contributed by atoms with van der Waals surface area (Å²) < 4.78 is 0. The van der Waals surface area contributed by atoms with Gasteiger partial charge in [-0.05, 0) is 37.3 Å². The summed E-state index contributed by atoms with van der Waals surface area (Å²) in [6, 6.07) is 8.38. The van der Waals surface area contributed by atoms with Crippen molar-refractivity contribution in [2.24, 2.45) is 5.92 Å². The number of carbonyl (C=O) groups is 1. The van der Waals surface area contributed by atoms with Gasteiger partial charge < -0.3 is 10.6 Å². The molecule has 0 saturated heterocycles. The molecule has 3 unspecified atom stereocenters. The zero-order valence-corrected chi connectivity index (χ0v) is 12.8. The molecular weight excluding hydrogens is 248 g/mol. The first-order chi connectivity index (χ1) is 9.61. The van der Waals surface area contributed by atoms with E-state index in [1.807, 2.05) is 12.1 Å². The Hall–Kier alpha value is -1.51. The highest BCUT2D eigenvalue weighted by Gasteiger charge is 2.26. The van der Waals surface area contributed by atoms with Crippen molar-refractivity contribution < 1.29 is 4.79 Å². The lowest BCUT2D eigenvalue weighted by molar-refractivity contribution is -0.123. The summed E-state index contributed by atoms with van der Waals surface area (Å²) in [4.78, 5) is 12.5. The van der Waals surface area contributed by atoms with Crippen LogP contribution in [0.2, 0.25) is 0 Å². The monoisotopic (exact) mass is 274 g/mol. The van der Waals surface area contributed by atoms with Crippen LogP contribution in [-0.4, -0.2) is 18.5 Å². The van der Waals surface area contributed by atoms with Gasteiger partial charge in [0.1, 0.15) is 0 Å². The molecule has 1 heterocycles. The first kappa shape index (κ1) is 14.9. The van der Waals surface area contributed by atoms with Crippen LogP contribution >= 0.6 is 0 Å². The van der Waals surface area contributed by atoms with Crippen LogP contribution in [0.3, 0.4) is 0 Å². The van der Waals surface area contributed by atoms with Gasteiger partial charge in [-0.25, -0.2) is 0 Å². The summed E-state index contributed by atoms with van der Waals surface area (Å²) in [5.74, 6) is 0.826. The number of nitrogens with one attached hydrogen (secondary N) is 2. The second kappa shape index (κ2) is 6.78. The Kier molecular flexibility index (Phi) is 5.05. The van der Waals surface area contributed by atoms with Crippen molar-refractivity contribution in [3.63, 3.8) is 0 Å². The molecule has 1 aromatic carbocycles. The van der Waals surface area contributed by atoms with E-state index in [0.717, 1.165) is 37.1 Å². The van der Waals surface area contributed by atoms with E-state index in [-0.39, 0.29) is 17.9 Å². The molecule has 0 spiro atoms. The molecule has 1 amide bonds. The molecule has 1 aromatic rings. The van der Waals surface area contributed by atoms with Gasteiger partial charge in [-0.1, -0.05) is 38.5 Å². The van der Waals surface area contributed by atoms with Crippen LogP contribution in [0.5, 0.6) is 0 Å². The molecule has 2 N–H and O–H groups in total. The zero-order valence-electron chi connectivity index (χ0n) is 12.8. The predicted octanol–water partition coefficient (Wildman–Crippen LogP) is 3.53. The molecule has 3 nitrogen and oxygen atoms in total. The lowest BCUT2D eigenvalue weighted by atomic mass is 9.89. The Morgan fingerprint density at radius 3 is 2.90 bits per heavy atom. The Labute approximate surface area is 122 Å². The molecule has 1 aliphatic heterocycles. The second-order valence-corrected chi connectivity index (χ2v) is 6.01. The lowest BCUT2D eigenvalue weighted by Gasteiger charge is -2.27. The van der Waals surface area contributed by atoms with E-state index in [1.54, 1.807) is 0 Å². The van der Waals surface area contributed by atoms with Gasteiger partial charge in [-0.2, -0.15) is 0 Å². The van der Waals surface area contributed by atoms with Gasteiger partial charge in [0.15, 0.2) is 0 Å². The molecule has 1 aliphatic rings. The fourth-order valence-corrected chi connectivity index (χ4v) is 2.91. The minimum Gasteiger partial charge on any atom is -0.385 e. The quantitative estimate of drug-likeness (QED) is 0.862. The number of para-hydroxylation sites is 1. The Morgan fingerprint density at radius 1 is 1.40 bits per heavy atom. The summed E-state index contributed by atoms with van der Waals surface area (Å²) >= 11 is 0. The Bertz CT molecular complexity index is 458. The number of rotatable bonds is 5. The smallest absolute Gasteiger partial charge is 0.227 e. The highest BCUT2D eigenvalue weighted by Crippen LogP contribution is 2.31. The summed E-state index contributed by atoms with van der Waals surface area (Å²) in [5.41, 5.74) is 2.24. The molecular formula is C17H26N2O. The molecule has 110 valence electrons. The van der Waals surface area contributed by atoms with Crippen molar-refractivity contribution in [3.05, 3.63) is 29.8 Å². The number of benzene rings is 1. The van der Waals surface area contributed by atoms with Crippen molar-refractivity contribution in [1.82, 2.24) is 5.32 Å². The SMILES string of the molecule is CCC(C)CC(C)NC(=O)C1CCNc2ccccc21. The standard InChI is InChI=1S/C17H26N2O/c1-4-12(2)11-13(3)19-17(20)15-9-10-18-16-8-6-5-7-14(15)16/h5-8,12-13,15,18H,4,9-11H2,1-3H3,(H,19,20). The van der Waals surface area contributed by atoms with Gasteiger partial charge in [0, 0.05) is 18.3 Å². The van der Waals surface area contributed by atoms with Gasteiger partial charge >= 0.3 is 0 Å². The minimum atomic E-state index is -0.00756. The first-order valence-corrected chi connectivity index (χ1v) is 7.75. The normalized spacial score (nSPS) is 20.4. The number of carbonyl (C=O) groups excluding carboxylic acids is 1. The van der Waals surface area contributed by atoms with Crippen LogP contribution in [0.25, 0.3) is 0 Å².